The second-order valence-electron chi connectivity index (χ2n) is 7.71. The fraction of sp³-hybridized carbons (Fsp3) is 0.381. The first kappa shape index (κ1) is 22.0. The molecule has 0 saturated heterocycles. The molecular formula is C21H25BrN4O4. The van der Waals surface area contributed by atoms with Gasteiger partial charge in [0.05, 0.1) is 32.0 Å². The second-order valence-corrected chi connectivity index (χ2v) is 8.56. The molecule has 0 spiro atoms. The predicted molar refractivity (Wildman–Crippen MR) is 117 cm³/mol. The van der Waals surface area contributed by atoms with E-state index in [1.54, 1.807) is 51.0 Å². The molecule has 0 unspecified atom stereocenters. The molecule has 2 heterocycles. The molecule has 0 aliphatic carbocycles. The molecule has 1 amide bonds. The highest BCUT2D eigenvalue weighted by Crippen LogP contribution is 2.27. The van der Waals surface area contributed by atoms with Gasteiger partial charge in [-0.3, -0.25) is 0 Å². The van der Waals surface area contributed by atoms with Gasteiger partial charge in [0.1, 0.15) is 11.4 Å². The van der Waals surface area contributed by atoms with Gasteiger partial charge in [-0.25, -0.2) is 14.5 Å². The van der Waals surface area contributed by atoms with Crippen LogP contribution < -0.4 is 4.74 Å². The SMILES string of the molecule is COc1cc(-n2ncc3c(Br)cccc32)ncc1CN(CCO)C(=O)OC(C)(C)C. The number of halogens is 1. The van der Waals surface area contributed by atoms with Gasteiger partial charge in [0.2, 0.25) is 0 Å². The number of hydrogen-bond donors (Lipinski definition) is 1. The van der Waals surface area contributed by atoms with Crippen molar-refractivity contribution in [2.45, 2.75) is 32.9 Å². The van der Waals surface area contributed by atoms with Crippen LogP contribution in [0.2, 0.25) is 0 Å². The Balaban J connectivity index is 1.91. The quantitative estimate of drug-likeness (QED) is 0.579. The average Bonchev–Trinajstić information content (AvgIpc) is 3.12. The number of benzene rings is 1. The van der Waals surface area contributed by atoms with E-state index in [1.807, 2.05) is 18.2 Å². The van der Waals surface area contributed by atoms with E-state index in [2.05, 4.69) is 26.0 Å². The Bertz CT molecular complexity index is 1050. The summed E-state index contributed by atoms with van der Waals surface area (Å²) in [6, 6.07) is 7.62. The largest absolute Gasteiger partial charge is 0.496 e. The summed E-state index contributed by atoms with van der Waals surface area (Å²) in [4.78, 5) is 18.4. The molecule has 0 radical (unpaired) electrons. The maximum atomic E-state index is 12.5. The van der Waals surface area contributed by atoms with Crippen LogP contribution in [0.3, 0.4) is 0 Å². The van der Waals surface area contributed by atoms with Crippen molar-refractivity contribution in [2.24, 2.45) is 0 Å². The third-order valence-corrected chi connectivity index (χ3v) is 5.00. The van der Waals surface area contributed by atoms with Crippen LogP contribution in [0.1, 0.15) is 26.3 Å². The highest BCUT2D eigenvalue weighted by atomic mass is 79.9. The van der Waals surface area contributed by atoms with Gasteiger partial charge in [0, 0.05) is 34.2 Å². The van der Waals surface area contributed by atoms with Crippen LogP contribution in [0.25, 0.3) is 16.7 Å². The van der Waals surface area contributed by atoms with Crippen LogP contribution in [0, 0.1) is 0 Å². The summed E-state index contributed by atoms with van der Waals surface area (Å²) in [6.45, 7) is 5.54. The molecule has 2 aromatic heterocycles. The Morgan fingerprint density at radius 2 is 2.07 bits per heavy atom. The number of pyridine rings is 1. The smallest absolute Gasteiger partial charge is 0.410 e. The number of nitrogens with zero attached hydrogens (tertiary/aromatic N) is 4. The molecule has 1 aromatic carbocycles. The number of fused-ring (bicyclic) bond motifs is 1. The van der Waals surface area contributed by atoms with Crippen molar-refractivity contribution < 1.29 is 19.4 Å². The van der Waals surface area contributed by atoms with Crippen molar-refractivity contribution in [1.82, 2.24) is 19.7 Å². The van der Waals surface area contributed by atoms with Gasteiger partial charge in [0.15, 0.2) is 5.82 Å². The summed E-state index contributed by atoms with van der Waals surface area (Å²) in [5, 5.41) is 14.8. The molecule has 0 aliphatic heterocycles. The Morgan fingerprint density at radius 3 is 2.73 bits per heavy atom. The highest BCUT2D eigenvalue weighted by molar-refractivity contribution is 9.10. The van der Waals surface area contributed by atoms with Crippen molar-refractivity contribution in [3.8, 4) is 11.6 Å². The van der Waals surface area contributed by atoms with E-state index in [0.29, 0.717) is 17.1 Å². The number of amides is 1. The van der Waals surface area contributed by atoms with E-state index in [9.17, 15) is 9.90 Å². The molecule has 0 aliphatic rings. The lowest BCUT2D eigenvalue weighted by Gasteiger charge is -2.27. The number of rotatable bonds is 6. The average molecular weight is 477 g/mol. The number of carbonyl (C=O) groups is 1. The van der Waals surface area contributed by atoms with Crippen molar-refractivity contribution in [3.05, 3.63) is 46.7 Å². The van der Waals surface area contributed by atoms with E-state index < -0.39 is 11.7 Å². The predicted octanol–water partition coefficient (Wildman–Crippen LogP) is 3.92. The summed E-state index contributed by atoms with van der Waals surface area (Å²) in [5.41, 5.74) is 0.965. The van der Waals surface area contributed by atoms with Crippen LogP contribution >= 0.6 is 15.9 Å². The van der Waals surface area contributed by atoms with Gasteiger partial charge in [-0.1, -0.05) is 22.0 Å². The Kier molecular flexibility index (Phi) is 6.62. The minimum absolute atomic E-state index is 0.137. The van der Waals surface area contributed by atoms with E-state index in [1.165, 1.54) is 4.90 Å². The first-order valence-corrected chi connectivity index (χ1v) is 10.3. The summed E-state index contributed by atoms with van der Waals surface area (Å²) >= 11 is 3.53. The lowest BCUT2D eigenvalue weighted by molar-refractivity contribution is 0.0200. The van der Waals surface area contributed by atoms with Crippen molar-refractivity contribution in [1.29, 1.82) is 0 Å². The van der Waals surface area contributed by atoms with Gasteiger partial charge in [-0.2, -0.15) is 5.10 Å². The molecule has 0 bridgehead atoms. The summed E-state index contributed by atoms with van der Waals surface area (Å²) in [7, 11) is 1.56. The summed E-state index contributed by atoms with van der Waals surface area (Å²) in [6.07, 6.45) is 2.91. The fourth-order valence-corrected chi connectivity index (χ4v) is 3.42. The molecule has 8 nitrogen and oxygen atoms in total. The minimum atomic E-state index is -0.633. The van der Waals surface area contributed by atoms with Crippen molar-refractivity contribution in [2.75, 3.05) is 20.3 Å². The molecule has 0 saturated carbocycles. The van der Waals surface area contributed by atoms with Crippen molar-refractivity contribution in [3.63, 3.8) is 0 Å². The molecular weight excluding hydrogens is 452 g/mol. The molecule has 1 N–H and O–H groups in total. The molecule has 3 aromatic rings. The fourth-order valence-electron chi connectivity index (χ4n) is 2.97. The number of aliphatic hydroxyl groups is 1. The summed E-state index contributed by atoms with van der Waals surface area (Å²) < 4.78 is 13.7. The lowest BCUT2D eigenvalue weighted by Crippen LogP contribution is -2.38. The van der Waals surface area contributed by atoms with E-state index in [-0.39, 0.29) is 19.7 Å². The number of aliphatic hydroxyl groups excluding tert-OH is 1. The minimum Gasteiger partial charge on any atom is -0.496 e. The van der Waals surface area contributed by atoms with E-state index >= 15 is 0 Å². The van der Waals surface area contributed by atoms with E-state index in [4.69, 9.17) is 9.47 Å². The Hall–Kier alpha value is -2.65. The van der Waals surface area contributed by atoms with Crippen molar-refractivity contribution >= 4 is 32.9 Å². The topological polar surface area (TPSA) is 89.7 Å². The zero-order chi connectivity index (χ0) is 21.9. The van der Waals surface area contributed by atoms with Crippen LogP contribution in [0.5, 0.6) is 5.75 Å². The Labute approximate surface area is 183 Å². The van der Waals surface area contributed by atoms with Crippen LogP contribution in [-0.2, 0) is 11.3 Å². The normalized spacial score (nSPS) is 11.5. The lowest BCUT2D eigenvalue weighted by atomic mass is 10.2. The zero-order valence-corrected chi connectivity index (χ0v) is 19.0. The Morgan fingerprint density at radius 1 is 1.30 bits per heavy atom. The number of carbonyl (C=O) groups excluding carboxylic acids is 1. The highest BCUT2D eigenvalue weighted by Gasteiger charge is 2.23. The number of methoxy groups -OCH3 is 1. The molecule has 3 rings (SSSR count). The number of aromatic nitrogens is 3. The van der Waals surface area contributed by atoms with Gasteiger partial charge in [-0.05, 0) is 32.9 Å². The molecule has 0 atom stereocenters. The van der Waals surface area contributed by atoms with Gasteiger partial charge in [0.25, 0.3) is 0 Å². The first-order valence-electron chi connectivity index (χ1n) is 9.48. The molecule has 9 heteroatoms. The van der Waals surface area contributed by atoms with Gasteiger partial charge < -0.3 is 19.5 Å². The van der Waals surface area contributed by atoms with E-state index in [0.717, 1.165) is 15.4 Å². The van der Waals surface area contributed by atoms with Gasteiger partial charge >= 0.3 is 6.09 Å². The monoisotopic (exact) mass is 476 g/mol. The third kappa shape index (κ3) is 4.91. The first-order chi connectivity index (χ1) is 14.2. The third-order valence-electron chi connectivity index (χ3n) is 4.31. The molecule has 30 heavy (non-hydrogen) atoms. The molecule has 160 valence electrons. The zero-order valence-electron chi connectivity index (χ0n) is 17.4. The number of ether oxygens (including phenoxy) is 2. The van der Waals surface area contributed by atoms with Crippen LogP contribution in [-0.4, -0.2) is 56.7 Å². The standard InChI is InChI=1S/C21H25BrN4O4/c1-21(2,3)30-20(28)25(8-9-27)13-14-11-23-19(10-18(14)29-4)26-17-7-5-6-16(22)15(17)12-24-26/h5-7,10-12,27H,8-9,13H2,1-4H3. The number of hydrogen-bond acceptors (Lipinski definition) is 6. The molecule has 0 fully saturated rings. The van der Waals surface area contributed by atoms with Gasteiger partial charge in [-0.15, -0.1) is 0 Å². The maximum Gasteiger partial charge on any atom is 0.410 e. The van der Waals surface area contributed by atoms with Crippen LogP contribution in [0.15, 0.2) is 41.1 Å². The second kappa shape index (κ2) is 9.01. The van der Waals surface area contributed by atoms with Crippen LogP contribution in [0.4, 0.5) is 4.79 Å². The maximum absolute atomic E-state index is 12.5. The summed E-state index contributed by atoms with van der Waals surface area (Å²) in [5.74, 6) is 1.15.